The molecule has 0 fully saturated rings. The molecule has 2 rings (SSSR count). The van der Waals surface area contributed by atoms with E-state index in [2.05, 4.69) is 54.5 Å². The molecule has 0 amide bonds. The highest BCUT2D eigenvalue weighted by atomic mass is 16.1. The molecule has 3 atom stereocenters. The van der Waals surface area contributed by atoms with Crippen LogP contribution in [0, 0.1) is 24.7 Å². The summed E-state index contributed by atoms with van der Waals surface area (Å²) in [6, 6.07) is 2.35. The summed E-state index contributed by atoms with van der Waals surface area (Å²) in [7, 11) is 0. The molecule has 0 saturated heterocycles. The third kappa shape index (κ3) is 11.6. The molecule has 4 nitrogen and oxygen atoms in total. The number of benzene rings is 1. The van der Waals surface area contributed by atoms with E-state index in [1.165, 1.54) is 30.0 Å². The van der Waals surface area contributed by atoms with Crippen LogP contribution in [0.4, 0.5) is 0 Å². The quantitative estimate of drug-likeness (QED) is 0.139. The van der Waals surface area contributed by atoms with E-state index in [-0.39, 0.29) is 41.5 Å². The van der Waals surface area contributed by atoms with E-state index < -0.39 is 0 Å². The average molecular weight is 569 g/mol. The second-order valence-corrected chi connectivity index (χ2v) is 12.8. The molecule has 232 valence electrons. The van der Waals surface area contributed by atoms with Gasteiger partial charge in [0.25, 0.3) is 0 Å². The molecule has 1 aliphatic carbocycles. The molecule has 0 radical (unpaired) electrons. The molecule has 3 unspecified atom stereocenters. The number of ketones is 4. The van der Waals surface area contributed by atoms with Crippen molar-refractivity contribution in [3.63, 3.8) is 0 Å². The lowest BCUT2D eigenvalue weighted by Gasteiger charge is -2.33. The maximum Gasteiger partial charge on any atom is 0.163 e. The second-order valence-electron chi connectivity index (χ2n) is 12.8. The van der Waals surface area contributed by atoms with Crippen LogP contribution in [0.5, 0.6) is 0 Å². The molecule has 1 aromatic carbocycles. The molecule has 0 heterocycles. The van der Waals surface area contributed by atoms with Crippen molar-refractivity contribution in [2.75, 3.05) is 0 Å². The molecule has 1 aromatic rings. The summed E-state index contributed by atoms with van der Waals surface area (Å²) in [6.45, 7) is 18.4. The Labute approximate surface area is 251 Å². The van der Waals surface area contributed by atoms with Crippen LogP contribution in [0.1, 0.15) is 171 Å². The fraction of sp³-hybridized carbons (Fsp3) is 0.730. The number of aryl methyl sites for hydroxylation is 1. The van der Waals surface area contributed by atoms with Gasteiger partial charge in [0.1, 0.15) is 17.3 Å². The topological polar surface area (TPSA) is 68.3 Å². The number of unbranched alkanes of at least 4 members (excludes halogenated alkanes) is 2. The van der Waals surface area contributed by atoms with Crippen LogP contribution in [0.2, 0.25) is 0 Å². The predicted molar refractivity (Wildman–Crippen MR) is 172 cm³/mol. The Balaban J connectivity index is 0.00000268. The zero-order chi connectivity index (χ0) is 31.1. The summed E-state index contributed by atoms with van der Waals surface area (Å²) in [6.07, 6.45) is 11.6. The Morgan fingerprint density at radius 3 is 2.17 bits per heavy atom. The van der Waals surface area contributed by atoms with Gasteiger partial charge in [-0.1, -0.05) is 80.2 Å². The first-order valence-corrected chi connectivity index (χ1v) is 16.7. The molecule has 41 heavy (non-hydrogen) atoms. The zero-order valence-corrected chi connectivity index (χ0v) is 27.9. The van der Waals surface area contributed by atoms with Gasteiger partial charge in [0.05, 0.1) is 6.42 Å². The number of carbonyl (C=O) groups excluding carboxylic acids is 4. The molecule has 0 N–H and O–H groups in total. The number of rotatable bonds is 17. The number of Topliss-reactive ketones (excluding diaryl/α,β-unsaturated/α-hetero) is 4. The molecule has 1 aliphatic rings. The van der Waals surface area contributed by atoms with E-state index in [9.17, 15) is 19.2 Å². The minimum absolute atomic E-state index is 0.0273. The smallest absolute Gasteiger partial charge is 0.163 e. The van der Waals surface area contributed by atoms with Crippen molar-refractivity contribution in [1.29, 1.82) is 0 Å². The van der Waals surface area contributed by atoms with Crippen LogP contribution >= 0.6 is 0 Å². The standard InChI is InChI=1S/C34H52O4.C3H8/c1-8-14-27(29(10-3)32(37)17-23(6)35)18-25-19-31-30(22(4)5)21-26(24(7)34(31)33(38)20-25)15-12-11-13-16-28(36)9-2;1-3-2/h21-22,25,27,29H,8-20H2,1-7H3;3H2,1-2H3. The van der Waals surface area contributed by atoms with Crippen molar-refractivity contribution in [2.45, 2.75) is 158 Å². The first-order chi connectivity index (χ1) is 19.4. The maximum absolute atomic E-state index is 13.6. The minimum Gasteiger partial charge on any atom is -0.300 e. The summed E-state index contributed by atoms with van der Waals surface area (Å²) in [5.74, 6) is 1.30. The van der Waals surface area contributed by atoms with Crippen molar-refractivity contribution in [3.8, 4) is 0 Å². The summed E-state index contributed by atoms with van der Waals surface area (Å²) in [5.41, 5.74) is 5.91. The highest BCUT2D eigenvalue weighted by Gasteiger charge is 2.34. The van der Waals surface area contributed by atoms with Crippen molar-refractivity contribution in [2.24, 2.45) is 17.8 Å². The van der Waals surface area contributed by atoms with Gasteiger partial charge >= 0.3 is 0 Å². The van der Waals surface area contributed by atoms with Gasteiger partial charge in [-0.25, -0.2) is 0 Å². The molecule has 0 aliphatic heterocycles. The van der Waals surface area contributed by atoms with E-state index in [4.69, 9.17) is 0 Å². The minimum atomic E-state index is -0.100. The van der Waals surface area contributed by atoms with Gasteiger partial charge in [-0.15, -0.1) is 0 Å². The second kappa shape index (κ2) is 19.2. The summed E-state index contributed by atoms with van der Waals surface area (Å²) < 4.78 is 0. The Hall–Kier alpha value is -2.10. The lowest BCUT2D eigenvalue weighted by atomic mass is 9.70. The molecule has 0 saturated carbocycles. The zero-order valence-electron chi connectivity index (χ0n) is 27.9. The van der Waals surface area contributed by atoms with E-state index in [0.29, 0.717) is 31.0 Å². The molecular weight excluding hydrogens is 508 g/mol. The van der Waals surface area contributed by atoms with Crippen LogP contribution in [0.25, 0.3) is 0 Å². The number of fused-ring (bicyclic) bond motifs is 1. The van der Waals surface area contributed by atoms with Gasteiger partial charge in [0.15, 0.2) is 5.78 Å². The van der Waals surface area contributed by atoms with Gasteiger partial charge in [-0.3, -0.25) is 19.2 Å². The van der Waals surface area contributed by atoms with Crippen LogP contribution in [-0.4, -0.2) is 23.1 Å². The normalized spacial score (nSPS) is 16.0. The van der Waals surface area contributed by atoms with Gasteiger partial charge in [0.2, 0.25) is 0 Å². The molecule has 4 heteroatoms. The van der Waals surface area contributed by atoms with Crippen molar-refractivity contribution in [3.05, 3.63) is 33.9 Å². The first-order valence-electron chi connectivity index (χ1n) is 16.7. The highest BCUT2D eigenvalue weighted by molar-refractivity contribution is 6.01. The lowest BCUT2D eigenvalue weighted by molar-refractivity contribution is -0.130. The Bertz CT molecular complexity index is 1000. The van der Waals surface area contributed by atoms with E-state index in [1.54, 1.807) is 0 Å². The monoisotopic (exact) mass is 568 g/mol. The summed E-state index contributed by atoms with van der Waals surface area (Å²) in [4.78, 5) is 49.8. The first kappa shape index (κ1) is 36.9. The van der Waals surface area contributed by atoms with Crippen LogP contribution in [-0.2, 0) is 27.2 Å². The fourth-order valence-electron chi connectivity index (χ4n) is 6.65. The van der Waals surface area contributed by atoms with Gasteiger partial charge in [0, 0.05) is 30.7 Å². The molecular formula is C37H60O4. The SMILES string of the molecule is CCC.CCCC(CC1CC(=O)c2c(C)c(CCCCCC(=O)CC)cc(C(C)C)c2C1)C(CC)C(=O)CC(C)=O. The van der Waals surface area contributed by atoms with E-state index in [0.717, 1.165) is 68.9 Å². The van der Waals surface area contributed by atoms with Crippen molar-refractivity contribution < 1.29 is 19.2 Å². The van der Waals surface area contributed by atoms with Crippen LogP contribution in [0.15, 0.2) is 6.07 Å². The Kier molecular flexibility index (Phi) is 17.3. The van der Waals surface area contributed by atoms with Gasteiger partial charge in [-0.05, 0) is 92.4 Å². The average Bonchev–Trinajstić information content (AvgIpc) is 2.89. The van der Waals surface area contributed by atoms with Crippen LogP contribution < -0.4 is 0 Å². The van der Waals surface area contributed by atoms with Gasteiger partial charge in [-0.2, -0.15) is 0 Å². The molecule has 0 spiro atoms. The fourth-order valence-corrected chi connectivity index (χ4v) is 6.65. The lowest BCUT2D eigenvalue weighted by Crippen LogP contribution is -2.30. The van der Waals surface area contributed by atoms with Gasteiger partial charge < -0.3 is 0 Å². The van der Waals surface area contributed by atoms with Crippen molar-refractivity contribution in [1.82, 2.24) is 0 Å². The number of hydrogen-bond donors (Lipinski definition) is 0. The van der Waals surface area contributed by atoms with E-state index >= 15 is 0 Å². The predicted octanol–water partition coefficient (Wildman–Crippen LogP) is 9.74. The van der Waals surface area contributed by atoms with E-state index in [1.807, 2.05) is 6.92 Å². The largest absolute Gasteiger partial charge is 0.300 e. The maximum atomic E-state index is 13.6. The molecule has 0 aromatic heterocycles. The van der Waals surface area contributed by atoms with Crippen molar-refractivity contribution >= 4 is 23.1 Å². The number of hydrogen-bond acceptors (Lipinski definition) is 4. The summed E-state index contributed by atoms with van der Waals surface area (Å²) >= 11 is 0. The third-order valence-corrected chi connectivity index (χ3v) is 8.64. The summed E-state index contributed by atoms with van der Waals surface area (Å²) in [5, 5.41) is 0. The highest BCUT2D eigenvalue weighted by Crippen LogP contribution is 2.40. The third-order valence-electron chi connectivity index (χ3n) is 8.64. The molecule has 0 bridgehead atoms. The Morgan fingerprint density at radius 2 is 1.63 bits per heavy atom. The Morgan fingerprint density at radius 1 is 0.976 bits per heavy atom. The van der Waals surface area contributed by atoms with Crippen LogP contribution in [0.3, 0.4) is 0 Å². The number of carbonyl (C=O) groups is 4.